The van der Waals surface area contributed by atoms with Gasteiger partial charge in [0.1, 0.15) is 0 Å². The van der Waals surface area contributed by atoms with E-state index in [0.29, 0.717) is 0 Å². The Morgan fingerprint density at radius 1 is 1.13 bits per heavy atom. The van der Waals surface area contributed by atoms with Crippen LogP contribution in [0, 0.1) is 0 Å². The standard InChI is InChI=1S/C18H24ClN2S.HI/c1-18(2)13-16(20-10-4-5-11-20)12-17(22-3)21(18)15-8-6-14(19)7-9-15;/h6-9,12H,4-5,10-11,13H2,1-3H3;1H/q+1;/p-1. The molecule has 1 aromatic carbocycles. The van der Waals surface area contributed by atoms with Gasteiger partial charge in [0, 0.05) is 55.9 Å². The van der Waals surface area contributed by atoms with Crippen molar-refractivity contribution in [1.82, 2.24) is 4.90 Å². The molecule has 0 N–H and O–H groups in total. The maximum Gasteiger partial charge on any atom is 0.242 e. The first kappa shape index (κ1) is 19.1. The molecular formula is C18H24ClIN2S. The fourth-order valence-corrected chi connectivity index (χ4v) is 4.42. The summed E-state index contributed by atoms with van der Waals surface area (Å²) in [5.74, 6) is 0. The van der Waals surface area contributed by atoms with E-state index in [4.69, 9.17) is 11.6 Å². The third-order valence-corrected chi connectivity index (χ3v) is 5.51. The van der Waals surface area contributed by atoms with Crippen molar-refractivity contribution in [3.8, 4) is 0 Å². The van der Waals surface area contributed by atoms with Gasteiger partial charge in [-0.05, 0) is 31.2 Å². The van der Waals surface area contributed by atoms with Crippen LogP contribution < -0.4 is 24.0 Å². The Morgan fingerprint density at radius 2 is 1.74 bits per heavy atom. The molecule has 0 radical (unpaired) electrons. The number of rotatable bonds is 2. The molecule has 5 heteroatoms. The lowest BCUT2D eigenvalue weighted by atomic mass is 9.93. The summed E-state index contributed by atoms with van der Waals surface area (Å²) in [5, 5.41) is 2.11. The smallest absolute Gasteiger partial charge is 0.242 e. The van der Waals surface area contributed by atoms with Gasteiger partial charge in [-0.2, -0.15) is 4.58 Å². The summed E-state index contributed by atoms with van der Waals surface area (Å²) in [7, 11) is 0. The molecule has 0 spiro atoms. The topological polar surface area (TPSA) is 6.25 Å². The molecule has 126 valence electrons. The monoisotopic (exact) mass is 462 g/mol. The van der Waals surface area contributed by atoms with Crippen molar-refractivity contribution in [2.75, 3.05) is 19.3 Å². The first-order chi connectivity index (χ1) is 10.5. The fourth-order valence-electron chi connectivity index (χ4n) is 3.50. The van der Waals surface area contributed by atoms with Gasteiger partial charge in [-0.1, -0.05) is 23.4 Å². The lowest BCUT2D eigenvalue weighted by Gasteiger charge is -2.32. The van der Waals surface area contributed by atoms with E-state index in [1.165, 1.54) is 42.4 Å². The van der Waals surface area contributed by atoms with Crippen molar-refractivity contribution in [3.05, 3.63) is 41.1 Å². The molecular weight excluding hydrogens is 439 g/mol. The zero-order valence-corrected chi connectivity index (χ0v) is 17.7. The van der Waals surface area contributed by atoms with E-state index in [9.17, 15) is 0 Å². The maximum absolute atomic E-state index is 6.05. The molecule has 0 atom stereocenters. The van der Waals surface area contributed by atoms with Crippen LogP contribution in [0.1, 0.15) is 33.1 Å². The van der Waals surface area contributed by atoms with Crippen LogP contribution in [-0.2, 0) is 0 Å². The van der Waals surface area contributed by atoms with Gasteiger partial charge < -0.3 is 28.9 Å². The molecule has 0 aromatic heterocycles. The minimum Gasteiger partial charge on any atom is -1.00 e. The Kier molecular flexibility index (Phi) is 6.48. The van der Waals surface area contributed by atoms with Crippen LogP contribution in [0.25, 0.3) is 0 Å². The highest BCUT2D eigenvalue weighted by Crippen LogP contribution is 2.35. The predicted octanol–water partition coefficient (Wildman–Crippen LogP) is 1.91. The summed E-state index contributed by atoms with van der Waals surface area (Å²) in [6.07, 6.45) is 8.29. The van der Waals surface area contributed by atoms with Crippen LogP contribution in [-0.4, -0.2) is 39.4 Å². The molecule has 2 heterocycles. The van der Waals surface area contributed by atoms with Crippen molar-refractivity contribution in [2.24, 2.45) is 0 Å². The van der Waals surface area contributed by atoms with E-state index in [-0.39, 0.29) is 29.5 Å². The van der Waals surface area contributed by atoms with Gasteiger partial charge in [-0.15, -0.1) is 0 Å². The Bertz CT molecular complexity index is 616. The van der Waals surface area contributed by atoms with E-state index >= 15 is 0 Å². The third-order valence-electron chi connectivity index (χ3n) is 4.54. The number of hydrogen-bond acceptors (Lipinski definition) is 2. The number of hydrogen-bond donors (Lipinski definition) is 0. The number of benzene rings is 1. The van der Waals surface area contributed by atoms with Gasteiger partial charge in [0.2, 0.25) is 10.7 Å². The highest BCUT2D eigenvalue weighted by atomic mass is 127. The van der Waals surface area contributed by atoms with Gasteiger partial charge in [-0.3, -0.25) is 0 Å². The van der Waals surface area contributed by atoms with Crippen LogP contribution in [0.2, 0.25) is 5.02 Å². The Labute approximate surface area is 166 Å². The van der Waals surface area contributed by atoms with Crippen molar-refractivity contribution < 1.29 is 28.6 Å². The van der Waals surface area contributed by atoms with Gasteiger partial charge >= 0.3 is 0 Å². The minimum absolute atomic E-state index is 0. The van der Waals surface area contributed by atoms with E-state index in [1.807, 2.05) is 23.9 Å². The second-order valence-electron chi connectivity index (χ2n) is 6.67. The highest BCUT2D eigenvalue weighted by Gasteiger charge is 2.40. The van der Waals surface area contributed by atoms with Gasteiger partial charge in [0.15, 0.2) is 5.54 Å². The molecule has 3 rings (SSSR count). The average Bonchev–Trinajstić information content (AvgIpc) is 3.01. The summed E-state index contributed by atoms with van der Waals surface area (Å²) < 4.78 is 2.45. The fraction of sp³-hybridized carbons (Fsp3) is 0.500. The van der Waals surface area contributed by atoms with Crippen LogP contribution in [0.4, 0.5) is 5.69 Å². The van der Waals surface area contributed by atoms with Crippen molar-refractivity contribution in [1.29, 1.82) is 0 Å². The lowest BCUT2D eigenvalue weighted by molar-refractivity contribution is -0.523. The normalized spacial score (nSPS) is 20.3. The molecule has 1 fully saturated rings. The zero-order chi connectivity index (χ0) is 15.7. The van der Waals surface area contributed by atoms with E-state index < -0.39 is 0 Å². The van der Waals surface area contributed by atoms with Crippen molar-refractivity contribution in [2.45, 2.75) is 38.6 Å². The number of halogens is 2. The second-order valence-corrected chi connectivity index (χ2v) is 7.94. The third kappa shape index (κ3) is 4.07. The van der Waals surface area contributed by atoms with Crippen LogP contribution in [0.15, 0.2) is 36.0 Å². The lowest BCUT2D eigenvalue weighted by Crippen LogP contribution is -3.00. The van der Waals surface area contributed by atoms with Crippen molar-refractivity contribution >= 4 is 34.1 Å². The number of thioether (sulfide) groups is 1. The molecule has 23 heavy (non-hydrogen) atoms. The Hall–Kier alpha value is -0.200. The molecule has 2 nitrogen and oxygen atoms in total. The highest BCUT2D eigenvalue weighted by molar-refractivity contribution is 8.13. The van der Waals surface area contributed by atoms with Crippen LogP contribution >= 0.6 is 23.4 Å². The SMILES string of the molecule is CSC1=[N+](c2ccc(Cl)cc2)C(C)(C)CC(N2CCCC2)=C1.[I-]. The average molecular weight is 463 g/mol. The van der Waals surface area contributed by atoms with Gasteiger partial charge in [0.25, 0.3) is 0 Å². The number of nitrogens with zero attached hydrogens (tertiary/aromatic N) is 2. The van der Waals surface area contributed by atoms with Gasteiger partial charge in [0.05, 0.1) is 6.42 Å². The van der Waals surface area contributed by atoms with Crippen LogP contribution in [0.5, 0.6) is 0 Å². The van der Waals surface area contributed by atoms with Gasteiger partial charge in [-0.25, -0.2) is 0 Å². The summed E-state index contributed by atoms with van der Waals surface area (Å²) in [4.78, 5) is 2.57. The summed E-state index contributed by atoms with van der Waals surface area (Å²) in [6.45, 7) is 7.09. The summed E-state index contributed by atoms with van der Waals surface area (Å²) >= 11 is 7.88. The maximum atomic E-state index is 6.05. The van der Waals surface area contributed by atoms with E-state index in [0.717, 1.165) is 11.4 Å². The molecule has 2 aliphatic rings. The quantitative estimate of drug-likeness (QED) is 0.489. The van der Waals surface area contributed by atoms with E-state index in [1.54, 1.807) is 0 Å². The molecule has 0 bridgehead atoms. The Morgan fingerprint density at radius 3 is 2.30 bits per heavy atom. The molecule has 0 unspecified atom stereocenters. The summed E-state index contributed by atoms with van der Waals surface area (Å²) in [6, 6.07) is 8.19. The molecule has 0 saturated carbocycles. The second kappa shape index (κ2) is 7.79. The molecule has 1 saturated heterocycles. The summed E-state index contributed by atoms with van der Waals surface area (Å²) in [5.41, 5.74) is 2.78. The largest absolute Gasteiger partial charge is 1.00 e. The molecule has 0 amide bonds. The van der Waals surface area contributed by atoms with Crippen molar-refractivity contribution in [3.63, 3.8) is 0 Å². The Balaban J connectivity index is 0.00000192. The van der Waals surface area contributed by atoms with Crippen LogP contribution in [0.3, 0.4) is 0 Å². The predicted molar refractivity (Wildman–Crippen MR) is 97.5 cm³/mol. The molecule has 2 aliphatic heterocycles. The molecule has 1 aromatic rings. The molecule has 0 aliphatic carbocycles. The van der Waals surface area contributed by atoms with E-state index in [2.05, 4.69) is 47.8 Å². The zero-order valence-electron chi connectivity index (χ0n) is 14.0. The first-order valence-electron chi connectivity index (χ1n) is 7.93. The number of likely N-dealkylation sites (tertiary alicyclic amines) is 1. The first-order valence-corrected chi connectivity index (χ1v) is 9.54. The minimum atomic E-state index is 0.